The zero-order valence-electron chi connectivity index (χ0n) is 14.1. The molecule has 0 radical (unpaired) electrons. The maximum atomic E-state index is 5.79. The van der Waals surface area contributed by atoms with E-state index in [2.05, 4.69) is 52.8 Å². The summed E-state index contributed by atoms with van der Waals surface area (Å²) in [4.78, 5) is 7.16. The Morgan fingerprint density at radius 1 is 1.21 bits per heavy atom. The number of likely N-dealkylation sites (N-methyl/N-ethyl adjacent to an activating group) is 1. The van der Waals surface area contributed by atoms with Crippen LogP contribution in [0.15, 0.2) is 34.9 Å². The summed E-state index contributed by atoms with van der Waals surface area (Å²) in [6, 6.07) is 10.9. The molecule has 1 aromatic heterocycles. The highest BCUT2D eigenvalue weighted by atomic mass is 35.5. The lowest BCUT2D eigenvalue weighted by Crippen LogP contribution is -2.44. The Morgan fingerprint density at radius 2 is 1.96 bits per heavy atom. The molecule has 1 atom stereocenters. The van der Waals surface area contributed by atoms with Crippen molar-refractivity contribution in [1.82, 2.24) is 20.4 Å². The topological polar surface area (TPSA) is 54.2 Å². The molecule has 1 unspecified atom stereocenters. The van der Waals surface area contributed by atoms with Crippen LogP contribution in [0.2, 0.25) is 0 Å². The van der Waals surface area contributed by atoms with Crippen LogP contribution in [0.4, 0.5) is 0 Å². The highest BCUT2D eigenvalue weighted by molar-refractivity contribution is 5.85. The Bertz CT molecular complexity index is 654. The molecule has 2 heterocycles. The molecule has 5 nitrogen and oxygen atoms in total. The standard InChI is InChI=1S/C18H24N4O.ClH/c1-22-12-11-19-13-15(22)16-20-17(23-21-16)18(9-5-6-10-18)14-7-3-2-4-8-14;/h2-4,7-8,15,19H,5-6,9-13H2,1H3;1H. The lowest BCUT2D eigenvalue weighted by molar-refractivity contribution is 0.190. The molecule has 1 aliphatic carbocycles. The molecule has 2 aromatic rings. The van der Waals surface area contributed by atoms with Gasteiger partial charge in [0, 0.05) is 19.6 Å². The zero-order chi connectivity index (χ0) is 15.7. The summed E-state index contributed by atoms with van der Waals surface area (Å²) in [5, 5.41) is 7.76. The highest BCUT2D eigenvalue weighted by Crippen LogP contribution is 2.45. The van der Waals surface area contributed by atoms with E-state index in [-0.39, 0.29) is 23.9 Å². The Morgan fingerprint density at radius 3 is 2.67 bits per heavy atom. The van der Waals surface area contributed by atoms with Gasteiger partial charge < -0.3 is 9.84 Å². The highest BCUT2D eigenvalue weighted by Gasteiger charge is 2.43. The van der Waals surface area contributed by atoms with E-state index in [1.165, 1.54) is 18.4 Å². The third kappa shape index (κ3) is 2.96. The van der Waals surface area contributed by atoms with Gasteiger partial charge in [-0.3, -0.25) is 4.90 Å². The molecule has 0 spiro atoms. The Kier molecular flexibility index (Phi) is 5.23. The molecule has 2 fully saturated rings. The van der Waals surface area contributed by atoms with Gasteiger partial charge in [0.1, 0.15) is 0 Å². The maximum absolute atomic E-state index is 5.79. The number of hydrogen-bond donors (Lipinski definition) is 1. The fourth-order valence-corrected chi connectivity index (χ4v) is 4.02. The van der Waals surface area contributed by atoms with Crippen molar-refractivity contribution < 1.29 is 4.52 Å². The molecule has 130 valence electrons. The fourth-order valence-electron chi connectivity index (χ4n) is 4.02. The lowest BCUT2D eigenvalue weighted by atomic mass is 9.79. The van der Waals surface area contributed by atoms with Gasteiger partial charge in [0.15, 0.2) is 5.82 Å². The van der Waals surface area contributed by atoms with Crippen LogP contribution in [0.3, 0.4) is 0 Å². The van der Waals surface area contributed by atoms with Gasteiger partial charge in [-0.05, 0) is 25.5 Å². The first-order valence-corrected chi connectivity index (χ1v) is 8.60. The van der Waals surface area contributed by atoms with E-state index in [9.17, 15) is 0 Å². The molecular formula is C18H25ClN4O. The minimum atomic E-state index is -0.0901. The van der Waals surface area contributed by atoms with E-state index in [0.29, 0.717) is 0 Å². The van der Waals surface area contributed by atoms with Crippen molar-refractivity contribution in [2.24, 2.45) is 0 Å². The van der Waals surface area contributed by atoms with E-state index < -0.39 is 0 Å². The van der Waals surface area contributed by atoms with Gasteiger partial charge in [0.2, 0.25) is 5.89 Å². The van der Waals surface area contributed by atoms with Crippen molar-refractivity contribution >= 4 is 12.4 Å². The van der Waals surface area contributed by atoms with Crippen LogP contribution < -0.4 is 5.32 Å². The quantitative estimate of drug-likeness (QED) is 0.924. The first-order chi connectivity index (χ1) is 11.3. The minimum absolute atomic E-state index is 0. The van der Waals surface area contributed by atoms with Crippen molar-refractivity contribution in [1.29, 1.82) is 0 Å². The second-order valence-electron chi connectivity index (χ2n) is 6.81. The number of hydrogen-bond acceptors (Lipinski definition) is 5. The van der Waals surface area contributed by atoms with Crippen molar-refractivity contribution in [3.63, 3.8) is 0 Å². The normalized spacial score (nSPS) is 23.8. The first kappa shape index (κ1) is 17.4. The average Bonchev–Trinajstić information content (AvgIpc) is 3.26. The summed E-state index contributed by atoms with van der Waals surface area (Å²) in [5.41, 5.74) is 1.22. The molecule has 1 saturated carbocycles. The summed E-state index contributed by atoms with van der Waals surface area (Å²) in [6.07, 6.45) is 4.63. The predicted octanol–water partition coefficient (Wildman–Crippen LogP) is 2.93. The molecule has 24 heavy (non-hydrogen) atoms. The number of nitrogens with one attached hydrogen (secondary N) is 1. The molecule has 1 aromatic carbocycles. The van der Waals surface area contributed by atoms with Gasteiger partial charge in [-0.15, -0.1) is 12.4 Å². The molecular weight excluding hydrogens is 324 g/mol. The van der Waals surface area contributed by atoms with Crippen LogP contribution in [0, 0.1) is 0 Å². The number of halogens is 1. The number of piperazine rings is 1. The van der Waals surface area contributed by atoms with Crippen LogP contribution in [-0.4, -0.2) is 41.7 Å². The summed E-state index contributed by atoms with van der Waals surface area (Å²) in [5.74, 6) is 1.62. The molecule has 1 N–H and O–H groups in total. The van der Waals surface area contributed by atoms with Gasteiger partial charge in [-0.25, -0.2) is 0 Å². The summed E-state index contributed by atoms with van der Waals surface area (Å²) in [7, 11) is 2.13. The molecule has 1 saturated heterocycles. The van der Waals surface area contributed by atoms with Gasteiger partial charge >= 0.3 is 0 Å². The molecule has 4 rings (SSSR count). The van der Waals surface area contributed by atoms with Crippen LogP contribution in [0.5, 0.6) is 0 Å². The van der Waals surface area contributed by atoms with Gasteiger partial charge in [-0.2, -0.15) is 4.98 Å². The second kappa shape index (κ2) is 7.21. The predicted molar refractivity (Wildman–Crippen MR) is 95.5 cm³/mol. The fraction of sp³-hybridized carbons (Fsp3) is 0.556. The van der Waals surface area contributed by atoms with Crippen LogP contribution in [0.1, 0.15) is 49.0 Å². The Balaban J connectivity index is 0.00000169. The minimum Gasteiger partial charge on any atom is -0.338 e. The summed E-state index contributed by atoms with van der Waals surface area (Å²) < 4.78 is 5.79. The number of nitrogens with zero attached hydrogens (tertiary/aromatic N) is 3. The van der Waals surface area contributed by atoms with Crippen molar-refractivity contribution in [3.05, 3.63) is 47.6 Å². The smallest absolute Gasteiger partial charge is 0.237 e. The molecule has 2 aliphatic rings. The first-order valence-electron chi connectivity index (χ1n) is 8.60. The van der Waals surface area contributed by atoms with E-state index in [1.807, 2.05) is 0 Å². The molecule has 1 aliphatic heterocycles. The largest absolute Gasteiger partial charge is 0.338 e. The van der Waals surface area contributed by atoms with Gasteiger partial charge in [-0.1, -0.05) is 48.3 Å². The third-order valence-corrected chi connectivity index (χ3v) is 5.44. The maximum Gasteiger partial charge on any atom is 0.237 e. The SMILES string of the molecule is CN1CCNCC1c1noc(C2(c3ccccc3)CCCC2)n1.Cl. The second-order valence-corrected chi connectivity index (χ2v) is 6.81. The monoisotopic (exact) mass is 348 g/mol. The number of aromatic nitrogens is 2. The average molecular weight is 349 g/mol. The van der Waals surface area contributed by atoms with Crippen LogP contribution in [0.25, 0.3) is 0 Å². The van der Waals surface area contributed by atoms with Gasteiger partial charge in [0.25, 0.3) is 0 Å². The van der Waals surface area contributed by atoms with E-state index in [0.717, 1.165) is 44.2 Å². The Hall–Kier alpha value is -1.43. The van der Waals surface area contributed by atoms with E-state index in [4.69, 9.17) is 9.51 Å². The number of rotatable bonds is 3. The Labute approximate surface area is 149 Å². The van der Waals surface area contributed by atoms with Crippen molar-refractivity contribution in [3.8, 4) is 0 Å². The van der Waals surface area contributed by atoms with Crippen LogP contribution in [-0.2, 0) is 5.41 Å². The molecule has 0 bridgehead atoms. The summed E-state index contributed by atoms with van der Waals surface area (Å²) in [6.45, 7) is 2.91. The molecule has 6 heteroatoms. The van der Waals surface area contributed by atoms with Crippen LogP contribution >= 0.6 is 12.4 Å². The van der Waals surface area contributed by atoms with Crippen molar-refractivity contribution in [2.75, 3.05) is 26.7 Å². The lowest BCUT2D eigenvalue weighted by Gasteiger charge is -2.30. The number of benzene rings is 1. The van der Waals surface area contributed by atoms with Crippen molar-refractivity contribution in [2.45, 2.75) is 37.1 Å². The van der Waals surface area contributed by atoms with Gasteiger partial charge in [0.05, 0.1) is 11.5 Å². The third-order valence-electron chi connectivity index (χ3n) is 5.44. The molecule has 0 amide bonds. The summed E-state index contributed by atoms with van der Waals surface area (Å²) >= 11 is 0. The van der Waals surface area contributed by atoms with E-state index >= 15 is 0 Å². The zero-order valence-corrected chi connectivity index (χ0v) is 14.9. The van der Waals surface area contributed by atoms with E-state index in [1.54, 1.807) is 0 Å².